The molecule has 0 aliphatic carbocycles. The summed E-state index contributed by atoms with van der Waals surface area (Å²) in [5, 5.41) is 3.76. The van der Waals surface area contributed by atoms with Gasteiger partial charge in [-0.15, -0.1) is 11.3 Å². The van der Waals surface area contributed by atoms with Crippen LogP contribution < -0.4 is 5.32 Å². The topological polar surface area (TPSA) is 12.0 Å². The largest absolute Gasteiger partial charge is 0.307 e. The molecule has 1 aromatic heterocycles. The molecule has 0 spiro atoms. The monoisotopic (exact) mass is 239 g/mol. The molecular weight excluding hydrogens is 214 g/mol. The summed E-state index contributed by atoms with van der Waals surface area (Å²) < 4.78 is 0. The van der Waals surface area contributed by atoms with Crippen molar-refractivity contribution in [3.63, 3.8) is 0 Å². The van der Waals surface area contributed by atoms with Crippen molar-refractivity contribution in [2.45, 2.75) is 66.0 Å². The number of thiophene rings is 1. The summed E-state index contributed by atoms with van der Waals surface area (Å²) in [6.07, 6.45) is 3.63. The minimum atomic E-state index is 0.336. The van der Waals surface area contributed by atoms with Gasteiger partial charge in [-0.1, -0.05) is 20.8 Å². The lowest BCUT2D eigenvalue weighted by Gasteiger charge is -2.32. The third-order valence-corrected chi connectivity index (χ3v) is 4.84. The van der Waals surface area contributed by atoms with Crippen LogP contribution in [0.4, 0.5) is 0 Å². The van der Waals surface area contributed by atoms with E-state index in [2.05, 4.69) is 46.0 Å². The fourth-order valence-electron chi connectivity index (χ4n) is 2.27. The first-order valence-electron chi connectivity index (χ1n) is 6.37. The standard InChI is InChI=1S/C14H25NS/c1-6-14(7-2,8-3)15-10-13-9-11(4)16-12(13)5/h9,15H,6-8,10H2,1-5H3. The van der Waals surface area contributed by atoms with Gasteiger partial charge in [0.15, 0.2) is 0 Å². The predicted molar refractivity (Wildman–Crippen MR) is 74.2 cm³/mol. The zero-order valence-corrected chi connectivity index (χ0v) is 12.1. The zero-order chi connectivity index (χ0) is 12.2. The second-order valence-electron chi connectivity index (χ2n) is 4.63. The van der Waals surface area contributed by atoms with Gasteiger partial charge >= 0.3 is 0 Å². The van der Waals surface area contributed by atoms with E-state index in [9.17, 15) is 0 Å². The van der Waals surface area contributed by atoms with Crippen LogP contribution >= 0.6 is 11.3 Å². The number of hydrogen-bond donors (Lipinski definition) is 1. The summed E-state index contributed by atoms with van der Waals surface area (Å²) in [7, 11) is 0. The Morgan fingerprint density at radius 3 is 2.06 bits per heavy atom. The Morgan fingerprint density at radius 1 is 1.12 bits per heavy atom. The van der Waals surface area contributed by atoms with Crippen molar-refractivity contribution in [1.29, 1.82) is 0 Å². The predicted octanol–water partition coefficient (Wildman–Crippen LogP) is 4.42. The van der Waals surface area contributed by atoms with Gasteiger partial charge in [-0.05, 0) is 44.7 Å². The third kappa shape index (κ3) is 3.08. The van der Waals surface area contributed by atoms with Gasteiger partial charge in [-0.25, -0.2) is 0 Å². The molecule has 16 heavy (non-hydrogen) atoms. The van der Waals surface area contributed by atoms with Crippen LogP contribution in [0.15, 0.2) is 6.07 Å². The smallest absolute Gasteiger partial charge is 0.0221 e. The van der Waals surface area contributed by atoms with Crippen LogP contribution in [0.3, 0.4) is 0 Å². The highest BCUT2D eigenvalue weighted by atomic mass is 32.1. The van der Waals surface area contributed by atoms with E-state index in [-0.39, 0.29) is 0 Å². The summed E-state index contributed by atoms with van der Waals surface area (Å²) >= 11 is 1.90. The van der Waals surface area contributed by atoms with E-state index in [1.54, 1.807) is 0 Å². The van der Waals surface area contributed by atoms with E-state index in [1.807, 2.05) is 11.3 Å². The first kappa shape index (κ1) is 13.7. The molecule has 0 fully saturated rings. The molecule has 1 N–H and O–H groups in total. The zero-order valence-electron chi connectivity index (χ0n) is 11.3. The van der Waals surface area contributed by atoms with Gasteiger partial charge < -0.3 is 5.32 Å². The van der Waals surface area contributed by atoms with Crippen molar-refractivity contribution >= 4 is 11.3 Å². The molecule has 92 valence electrons. The van der Waals surface area contributed by atoms with Crippen molar-refractivity contribution in [2.24, 2.45) is 0 Å². The minimum absolute atomic E-state index is 0.336. The van der Waals surface area contributed by atoms with Crippen LogP contribution in [0.5, 0.6) is 0 Å². The summed E-state index contributed by atoms with van der Waals surface area (Å²) in [5.41, 5.74) is 1.81. The van der Waals surface area contributed by atoms with E-state index in [0.717, 1.165) is 6.54 Å². The molecule has 0 saturated carbocycles. The molecule has 2 heteroatoms. The first-order valence-corrected chi connectivity index (χ1v) is 7.19. The molecule has 1 rings (SSSR count). The van der Waals surface area contributed by atoms with E-state index >= 15 is 0 Å². The summed E-state index contributed by atoms with van der Waals surface area (Å²) in [6, 6.07) is 2.32. The molecule has 0 aliphatic rings. The van der Waals surface area contributed by atoms with Crippen LogP contribution in [-0.4, -0.2) is 5.54 Å². The van der Waals surface area contributed by atoms with Gasteiger partial charge in [-0.2, -0.15) is 0 Å². The molecular formula is C14H25NS. The quantitative estimate of drug-likeness (QED) is 0.774. The van der Waals surface area contributed by atoms with Gasteiger partial charge in [-0.3, -0.25) is 0 Å². The Bertz CT molecular complexity index is 315. The third-order valence-electron chi connectivity index (χ3n) is 3.83. The highest BCUT2D eigenvalue weighted by Crippen LogP contribution is 2.24. The second kappa shape index (κ2) is 5.83. The minimum Gasteiger partial charge on any atom is -0.307 e. The Morgan fingerprint density at radius 2 is 1.69 bits per heavy atom. The summed E-state index contributed by atoms with van der Waals surface area (Å²) in [5.74, 6) is 0. The average molecular weight is 239 g/mol. The maximum atomic E-state index is 3.76. The summed E-state index contributed by atoms with van der Waals surface area (Å²) in [6.45, 7) is 12.3. The lowest BCUT2D eigenvalue weighted by atomic mass is 9.89. The van der Waals surface area contributed by atoms with Crippen LogP contribution in [0, 0.1) is 13.8 Å². The highest BCUT2D eigenvalue weighted by molar-refractivity contribution is 7.12. The SMILES string of the molecule is CCC(CC)(CC)NCc1cc(C)sc1C. The Labute approximate surface area is 104 Å². The van der Waals surface area contributed by atoms with E-state index in [1.165, 1.54) is 34.6 Å². The average Bonchev–Trinajstić information content (AvgIpc) is 2.60. The van der Waals surface area contributed by atoms with Crippen molar-refractivity contribution in [3.8, 4) is 0 Å². The van der Waals surface area contributed by atoms with Crippen molar-refractivity contribution < 1.29 is 0 Å². The van der Waals surface area contributed by atoms with Crippen molar-refractivity contribution in [1.82, 2.24) is 5.32 Å². The van der Waals surface area contributed by atoms with E-state index in [4.69, 9.17) is 0 Å². The van der Waals surface area contributed by atoms with Crippen molar-refractivity contribution in [3.05, 3.63) is 21.4 Å². The number of rotatable bonds is 6. The van der Waals surface area contributed by atoms with E-state index < -0.39 is 0 Å². The first-order chi connectivity index (χ1) is 7.56. The molecule has 1 aromatic rings. The van der Waals surface area contributed by atoms with Gasteiger partial charge in [0.1, 0.15) is 0 Å². The lowest BCUT2D eigenvalue weighted by molar-refractivity contribution is 0.288. The van der Waals surface area contributed by atoms with Gasteiger partial charge in [0.05, 0.1) is 0 Å². The highest BCUT2D eigenvalue weighted by Gasteiger charge is 2.22. The number of nitrogens with one attached hydrogen (secondary N) is 1. The van der Waals surface area contributed by atoms with Crippen LogP contribution in [0.2, 0.25) is 0 Å². The molecule has 0 bridgehead atoms. The molecule has 0 unspecified atom stereocenters. The molecule has 0 radical (unpaired) electrons. The molecule has 0 amide bonds. The van der Waals surface area contributed by atoms with Crippen LogP contribution in [0.25, 0.3) is 0 Å². The normalized spacial score (nSPS) is 12.1. The Kier molecular flexibility index (Phi) is 5.00. The Balaban J connectivity index is 2.65. The molecule has 0 atom stereocenters. The van der Waals surface area contributed by atoms with Gasteiger partial charge in [0.25, 0.3) is 0 Å². The van der Waals surface area contributed by atoms with Gasteiger partial charge in [0, 0.05) is 21.8 Å². The summed E-state index contributed by atoms with van der Waals surface area (Å²) in [4.78, 5) is 2.88. The van der Waals surface area contributed by atoms with Crippen molar-refractivity contribution in [2.75, 3.05) is 0 Å². The Hall–Kier alpha value is -0.340. The molecule has 1 heterocycles. The van der Waals surface area contributed by atoms with E-state index in [0.29, 0.717) is 5.54 Å². The maximum absolute atomic E-state index is 3.76. The number of hydrogen-bond acceptors (Lipinski definition) is 2. The molecule has 0 aromatic carbocycles. The fourth-order valence-corrected chi connectivity index (χ4v) is 3.21. The lowest BCUT2D eigenvalue weighted by Crippen LogP contribution is -2.43. The van der Waals surface area contributed by atoms with Crippen LogP contribution in [0.1, 0.15) is 55.4 Å². The van der Waals surface area contributed by atoms with Gasteiger partial charge in [0.2, 0.25) is 0 Å². The molecule has 1 nitrogen and oxygen atoms in total. The van der Waals surface area contributed by atoms with Crippen LogP contribution in [-0.2, 0) is 6.54 Å². The maximum Gasteiger partial charge on any atom is 0.0221 e. The molecule has 0 aliphatic heterocycles. The second-order valence-corrected chi connectivity index (χ2v) is 6.09. The molecule has 0 saturated heterocycles. The fraction of sp³-hybridized carbons (Fsp3) is 0.714. The number of aryl methyl sites for hydroxylation is 2.